The number of nitrogens with zero attached hydrogens (tertiary/aromatic N) is 1. The van der Waals surface area contributed by atoms with E-state index >= 15 is 0 Å². The number of carbonyl (C=O) groups is 1. The van der Waals surface area contributed by atoms with Gasteiger partial charge >= 0.3 is 0 Å². The minimum absolute atomic E-state index is 0.0276. The number of carbonyl (C=O) groups excluding carboxylic acids is 1. The highest BCUT2D eigenvalue weighted by atomic mass is 16.5. The Balaban J connectivity index is 2.56. The molecule has 0 bridgehead atoms. The number of hydrogen-bond acceptors (Lipinski definition) is 3. The first-order valence-electron chi connectivity index (χ1n) is 7.17. The fourth-order valence-corrected chi connectivity index (χ4v) is 1.74. The van der Waals surface area contributed by atoms with Crippen molar-refractivity contribution in [2.75, 3.05) is 26.9 Å². The van der Waals surface area contributed by atoms with Gasteiger partial charge in [0.2, 0.25) is 5.91 Å². The second kappa shape index (κ2) is 9.98. The zero-order chi connectivity index (χ0) is 15.5. The largest absolute Gasteiger partial charge is 0.395 e. The monoisotopic (exact) mass is 289 g/mol. The Morgan fingerprint density at radius 2 is 2.24 bits per heavy atom. The Labute approximate surface area is 126 Å². The summed E-state index contributed by atoms with van der Waals surface area (Å²) in [6.45, 7) is 3.35. The van der Waals surface area contributed by atoms with Gasteiger partial charge in [-0.2, -0.15) is 0 Å². The van der Waals surface area contributed by atoms with E-state index in [1.165, 1.54) is 0 Å². The predicted octanol–water partition coefficient (Wildman–Crippen LogP) is 1.81. The van der Waals surface area contributed by atoms with Crippen LogP contribution in [-0.4, -0.2) is 42.8 Å². The highest BCUT2D eigenvalue weighted by Crippen LogP contribution is 2.07. The molecule has 1 N–H and O–H groups in total. The fourth-order valence-electron chi connectivity index (χ4n) is 1.74. The third-order valence-corrected chi connectivity index (χ3v) is 2.82. The lowest BCUT2D eigenvalue weighted by Crippen LogP contribution is -2.30. The maximum Gasteiger partial charge on any atom is 0.248 e. The number of hydrogen-bond donors (Lipinski definition) is 1. The molecule has 0 aliphatic rings. The minimum Gasteiger partial charge on any atom is -0.395 e. The molecule has 0 aliphatic carbocycles. The maximum absolute atomic E-state index is 11.9. The van der Waals surface area contributed by atoms with Gasteiger partial charge in [0.1, 0.15) is 6.61 Å². The molecule has 0 radical (unpaired) electrons. The van der Waals surface area contributed by atoms with Crippen LogP contribution in [0.3, 0.4) is 0 Å². The Kier molecular flexibility index (Phi) is 8.18. The van der Waals surface area contributed by atoms with Gasteiger partial charge in [-0.15, -0.1) is 0 Å². The number of likely N-dealkylation sites (N-methyl/N-ethyl adjacent to an activating group) is 1. The van der Waals surface area contributed by atoms with Gasteiger partial charge in [-0.05, 0) is 24.1 Å². The summed E-state index contributed by atoms with van der Waals surface area (Å²) in [4.78, 5) is 13.5. The summed E-state index contributed by atoms with van der Waals surface area (Å²) < 4.78 is 5.26. The third-order valence-electron chi connectivity index (χ3n) is 2.82. The second-order valence-corrected chi connectivity index (χ2v) is 4.78. The first-order valence-corrected chi connectivity index (χ1v) is 7.17. The summed E-state index contributed by atoms with van der Waals surface area (Å²) in [6, 6.07) is 7.76. The molecule has 1 aromatic rings. The van der Waals surface area contributed by atoms with Gasteiger partial charge in [-0.3, -0.25) is 4.79 Å². The summed E-state index contributed by atoms with van der Waals surface area (Å²) >= 11 is 0. The molecule has 0 saturated heterocycles. The zero-order valence-corrected chi connectivity index (χ0v) is 12.8. The van der Waals surface area contributed by atoms with Crippen LogP contribution in [0, 0.1) is 11.8 Å². The van der Waals surface area contributed by atoms with Gasteiger partial charge in [0, 0.05) is 32.2 Å². The maximum atomic E-state index is 11.9. The number of amides is 1. The van der Waals surface area contributed by atoms with E-state index in [4.69, 9.17) is 9.84 Å². The smallest absolute Gasteiger partial charge is 0.248 e. The van der Waals surface area contributed by atoms with Crippen molar-refractivity contribution in [1.82, 2.24) is 4.90 Å². The lowest BCUT2D eigenvalue weighted by molar-refractivity contribution is -0.135. The van der Waals surface area contributed by atoms with E-state index < -0.39 is 0 Å². The summed E-state index contributed by atoms with van der Waals surface area (Å²) in [7, 11) is 1.77. The van der Waals surface area contributed by atoms with Crippen molar-refractivity contribution in [3.63, 3.8) is 0 Å². The molecule has 0 aliphatic heterocycles. The van der Waals surface area contributed by atoms with Crippen LogP contribution in [0.5, 0.6) is 0 Å². The summed E-state index contributed by atoms with van der Waals surface area (Å²) in [5, 5.41) is 8.71. The van der Waals surface area contributed by atoms with Crippen LogP contribution >= 0.6 is 0 Å². The van der Waals surface area contributed by atoms with Gasteiger partial charge < -0.3 is 14.7 Å². The molecular weight excluding hydrogens is 266 g/mol. The van der Waals surface area contributed by atoms with Crippen molar-refractivity contribution in [2.24, 2.45) is 0 Å². The molecular formula is C17H23NO3. The number of benzene rings is 1. The normalized spacial score (nSPS) is 9.86. The lowest BCUT2D eigenvalue weighted by Gasteiger charge is -2.17. The average molecular weight is 289 g/mol. The van der Waals surface area contributed by atoms with Crippen molar-refractivity contribution in [3.8, 4) is 11.8 Å². The molecule has 0 aromatic heterocycles. The molecule has 0 spiro atoms. The van der Waals surface area contributed by atoms with E-state index in [-0.39, 0.29) is 19.1 Å². The van der Waals surface area contributed by atoms with Crippen LogP contribution in [0.2, 0.25) is 0 Å². The molecule has 0 unspecified atom stereocenters. The molecule has 1 aromatic carbocycles. The van der Waals surface area contributed by atoms with Crippen molar-refractivity contribution in [2.45, 2.75) is 26.3 Å². The Hall–Kier alpha value is -1.83. The molecule has 21 heavy (non-hydrogen) atoms. The predicted molar refractivity (Wildman–Crippen MR) is 82.6 cm³/mol. The SMILES string of the molecule is CCCOCC(=O)N(C)Cc1cccc(C#CCCO)c1. The highest BCUT2D eigenvalue weighted by molar-refractivity contribution is 5.77. The van der Waals surface area contributed by atoms with Crippen molar-refractivity contribution < 1.29 is 14.6 Å². The average Bonchev–Trinajstić information content (AvgIpc) is 2.48. The van der Waals surface area contributed by atoms with Crippen molar-refractivity contribution >= 4 is 5.91 Å². The minimum atomic E-state index is -0.0276. The molecule has 114 valence electrons. The van der Waals surface area contributed by atoms with E-state index in [9.17, 15) is 4.79 Å². The van der Waals surface area contributed by atoms with Gasteiger partial charge in [-0.25, -0.2) is 0 Å². The summed E-state index contributed by atoms with van der Waals surface area (Å²) in [5.74, 6) is 5.85. The third kappa shape index (κ3) is 6.94. The van der Waals surface area contributed by atoms with E-state index in [0.29, 0.717) is 19.6 Å². The van der Waals surface area contributed by atoms with Gasteiger partial charge in [-0.1, -0.05) is 30.9 Å². The van der Waals surface area contributed by atoms with Crippen LogP contribution in [0.1, 0.15) is 30.9 Å². The summed E-state index contributed by atoms with van der Waals surface area (Å²) in [6.07, 6.45) is 1.38. The van der Waals surface area contributed by atoms with E-state index in [2.05, 4.69) is 11.8 Å². The molecule has 0 fully saturated rings. The van der Waals surface area contributed by atoms with Crippen LogP contribution in [0.4, 0.5) is 0 Å². The quantitative estimate of drug-likeness (QED) is 0.615. The van der Waals surface area contributed by atoms with Crippen LogP contribution in [0.15, 0.2) is 24.3 Å². The van der Waals surface area contributed by atoms with E-state index in [1.807, 2.05) is 31.2 Å². The second-order valence-electron chi connectivity index (χ2n) is 4.78. The number of aliphatic hydroxyl groups is 1. The number of ether oxygens (including phenoxy) is 1. The molecule has 0 saturated carbocycles. The van der Waals surface area contributed by atoms with Crippen LogP contribution in [0.25, 0.3) is 0 Å². The topological polar surface area (TPSA) is 49.8 Å². The van der Waals surface area contributed by atoms with Gasteiger partial charge in [0.05, 0.1) is 6.61 Å². The standard InChI is InChI=1S/C17H23NO3/c1-3-11-21-14-17(20)18(2)13-16-9-6-8-15(12-16)7-4-5-10-19/h6,8-9,12,19H,3,5,10-11,13-14H2,1-2H3. The molecule has 1 amide bonds. The van der Waals surface area contributed by atoms with Crippen molar-refractivity contribution in [1.29, 1.82) is 0 Å². The fraction of sp³-hybridized carbons (Fsp3) is 0.471. The van der Waals surface area contributed by atoms with Gasteiger partial charge in [0.25, 0.3) is 0 Å². The lowest BCUT2D eigenvalue weighted by atomic mass is 10.1. The molecule has 1 rings (SSSR count). The Bertz CT molecular complexity index is 502. The summed E-state index contributed by atoms with van der Waals surface area (Å²) in [5.41, 5.74) is 1.92. The molecule has 4 heteroatoms. The van der Waals surface area contributed by atoms with Gasteiger partial charge in [0.15, 0.2) is 0 Å². The zero-order valence-electron chi connectivity index (χ0n) is 12.8. The highest BCUT2D eigenvalue weighted by Gasteiger charge is 2.09. The number of rotatable bonds is 7. The van der Waals surface area contributed by atoms with Crippen molar-refractivity contribution in [3.05, 3.63) is 35.4 Å². The van der Waals surface area contributed by atoms with Crippen LogP contribution < -0.4 is 0 Å². The first-order chi connectivity index (χ1) is 10.2. The Morgan fingerprint density at radius 3 is 2.95 bits per heavy atom. The molecule has 0 heterocycles. The first kappa shape index (κ1) is 17.2. The van der Waals surface area contributed by atoms with E-state index in [1.54, 1.807) is 11.9 Å². The Morgan fingerprint density at radius 1 is 1.43 bits per heavy atom. The molecule has 0 atom stereocenters. The van der Waals surface area contributed by atoms with E-state index in [0.717, 1.165) is 17.5 Å². The molecule has 4 nitrogen and oxygen atoms in total. The van der Waals surface area contributed by atoms with Crippen LogP contribution in [-0.2, 0) is 16.1 Å². The number of aliphatic hydroxyl groups excluding tert-OH is 1.